The molecule has 0 bridgehead atoms. The van der Waals surface area contributed by atoms with Crippen LogP contribution in [0.3, 0.4) is 0 Å². The molecule has 0 aliphatic carbocycles. The van der Waals surface area contributed by atoms with Gasteiger partial charge in [-0.05, 0) is 31.2 Å². The lowest BCUT2D eigenvalue weighted by Crippen LogP contribution is -2.28. The van der Waals surface area contributed by atoms with Crippen LogP contribution < -0.4 is 0 Å². The molecule has 0 saturated carbocycles. The maximum atomic E-state index is 13.4. The molecule has 10 heteroatoms. The highest BCUT2D eigenvalue weighted by atomic mass is 32.2. The van der Waals surface area contributed by atoms with Crippen LogP contribution in [-0.4, -0.2) is 54.0 Å². The van der Waals surface area contributed by atoms with E-state index in [-0.39, 0.29) is 17.4 Å². The Labute approximate surface area is 171 Å². The van der Waals surface area contributed by atoms with Gasteiger partial charge in [-0.3, -0.25) is 18.8 Å². The minimum absolute atomic E-state index is 0.212. The average molecular weight is 417 g/mol. The van der Waals surface area contributed by atoms with Crippen molar-refractivity contribution in [2.45, 2.75) is 18.6 Å². The number of nitrogens with zero attached hydrogens (tertiary/aromatic N) is 5. The molecule has 2 aromatic heterocycles. The number of carboxylic acid groups (broad SMARTS) is 1. The van der Waals surface area contributed by atoms with E-state index in [1.54, 1.807) is 16.3 Å². The van der Waals surface area contributed by atoms with E-state index in [2.05, 4.69) is 10.1 Å². The summed E-state index contributed by atoms with van der Waals surface area (Å²) < 4.78 is 16.6. The van der Waals surface area contributed by atoms with Crippen molar-refractivity contribution in [2.75, 3.05) is 12.8 Å². The van der Waals surface area contributed by atoms with Crippen molar-refractivity contribution in [1.29, 1.82) is 0 Å². The molecule has 29 heavy (non-hydrogen) atoms. The summed E-state index contributed by atoms with van der Waals surface area (Å²) >= 11 is 0.988. The van der Waals surface area contributed by atoms with E-state index in [0.717, 1.165) is 23.0 Å². The highest BCUT2D eigenvalue weighted by Crippen LogP contribution is 2.25. The highest BCUT2D eigenvalue weighted by molar-refractivity contribution is 7.99. The van der Waals surface area contributed by atoms with Crippen LogP contribution in [0.2, 0.25) is 0 Å². The largest absolute Gasteiger partial charge is 0.481 e. The van der Waals surface area contributed by atoms with Gasteiger partial charge < -0.3 is 10.0 Å². The van der Waals surface area contributed by atoms with Gasteiger partial charge in [0, 0.05) is 38.1 Å². The van der Waals surface area contributed by atoms with Crippen molar-refractivity contribution in [3.8, 4) is 5.69 Å². The molecule has 0 saturated heterocycles. The standard InChI is InChI=1S/C19H20FN5O3S/c1-12-13(10-24(3)22-12)9-23(2)18(28)16-8-21-19(29-11-17(26)27)25(16)15-6-4-14(20)5-7-15/h4-8,10H,9,11H2,1-3H3,(H,26,27). The Bertz CT molecular complexity index is 1040. The lowest BCUT2D eigenvalue weighted by molar-refractivity contribution is -0.133. The van der Waals surface area contributed by atoms with Crippen molar-refractivity contribution < 1.29 is 19.1 Å². The molecule has 2 heterocycles. The minimum Gasteiger partial charge on any atom is -0.481 e. The van der Waals surface area contributed by atoms with Crippen LogP contribution >= 0.6 is 11.8 Å². The van der Waals surface area contributed by atoms with Crippen molar-refractivity contribution >= 4 is 23.6 Å². The maximum Gasteiger partial charge on any atom is 0.313 e. The lowest BCUT2D eigenvalue weighted by atomic mass is 10.2. The minimum atomic E-state index is -0.999. The Kier molecular flexibility index (Phi) is 6.02. The van der Waals surface area contributed by atoms with E-state index in [1.807, 2.05) is 20.2 Å². The molecular weight excluding hydrogens is 397 g/mol. The van der Waals surface area contributed by atoms with Gasteiger partial charge in [0.05, 0.1) is 17.6 Å². The first-order chi connectivity index (χ1) is 13.8. The van der Waals surface area contributed by atoms with Gasteiger partial charge in [0.25, 0.3) is 5.91 Å². The molecule has 0 unspecified atom stereocenters. The van der Waals surface area contributed by atoms with Gasteiger partial charge in [0.15, 0.2) is 5.16 Å². The van der Waals surface area contributed by atoms with Crippen LogP contribution in [0, 0.1) is 12.7 Å². The molecule has 8 nitrogen and oxygen atoms in total. The molecule has 3 aromatic rings. The number of amides is 1. The van der Waals surface area contributed by atoms with E-state index in [4.69, 9.17) is 5.11 Å². The molecule has 152 valence electrons. The molecule has 1 aromatic carbocycles. The first-order valence-electron chi connectivity index (χ1n) is 8.69. The molecule has 0 radical (unpaired) electrons. The van der Waals surface area contributed by atoms with Gasteiger partial charge >= 0.3 is 5.97 Å². The number of carbonyl (C=O) groups excluding carboxylic acids is 1. The summed E-state index contributed by atoms with van der Waals surface area (Å²) in [5.74, 6) is -1.92. The van der Waals surface area contributed by atoms with E-state index >= 15 is 0 Å². The third-order valence-electron chi connectivity index (χ3n) is 4.23. The predicted octanol–water partition coefficient (Wildman–Crippen LogP) is 2.50. The van der Waals surface area contributed by atoms with Gasteiger partial charge in [-0.25, -0.2) is 9.37 Å². The number of hydrogen-bond acceptors (Lipinski definition) is 5. The van der Waals surface area contributed by atoms with E-state index in [9.17, 15) is 14.0 Å². The van der Waals surface area contributed by atoms with Crippen LogP contribution in [0.4, 0.5) is 4.39 Å². The summed E-state index contributed by atoms with van der Waals surface area (Å²) in [6.07, 6.45) is 3.26. The molecule has 0 aliphatic rings. The zero-order chi connectivity index (χ0) is 21.1. The number of benzene rings is 1. The van der Waals surface area contributed by atoms with Gasteiger partial charge in [-0.1, -0.05) is 11.8 Å². The molecule has 3 rings (SSSR count). The van der Waals surface area contributed by atoms with Crippen LogP contribution in [-0.2, 0) is 18.4 Å². The Hall–Kier alpha value is -3.14. The molecule has 0 atom stereocenters. The smallest absolute Gasteiger partial charge is 0.313 e. The molecule has 0 fully saturated rings. The fourth-order valence-corrected chi connectivity index (χ4v) is 3.59. The van der Waals surface area contributed by atoms with Crippen LogP contribution in [0.25, 0.3) is 5.69 Å². The summed E-state index contributed by atoms with van der Waals surface area (Å²) in [5, 5.41) is 13.6. The SMILES string of the molecule is Cc1nn(C)cc1CN(C)C(=O)c1cnc(SCC(=O)O)n1-c1ccc(F)cc1. The zero-order valence-corrected chi connectivity index (χ0v) is 17.0. The highest BCUT2D eigenvalue weighted by Gasteiger charge is 2.22. The molecule has 0 spiro atoms. The Morgan fingerprint density at radius 3 is 2.55 bits per heavy atom. The molecule has 1 N–H and O–H groups in total. The van der Waals surface area contributed by atoms with Crippen molar-refractivity contribution in [3.05, 3.63) is 59.4 Å². The predicted molar refractivity (Wildman–Crippen MR) is 106 cm³/mol. The van der Waals surface area contributed by atoms with Crippen molar-refractivity contribution in [1.82, 2.24) is 24.2 Å². The number of hydrogen-bond donors (Lipinski definition) is 1. The molecule has 0 aliphatic heterocycles. The van der Waals surface area contributed by atoms with E-state index < -0.39 is 11.8 Å². The number of thioether (sulfide) groups is 1. The number of carbonyl (C=O) groups is 2. The summed E-state index contributed by atoms with van der Waals surface area (Å²) in [4.78, 5) is 29.8. The average Bonchev–Trinajstić information content (AvgIpc) is 3.22. The summed E-state index contributed by atoms with van der Waals surface area (Å²) in [6.45, 7) is 2.22. The first-order valence-corrected chi connectivity index (χ1v) is 9.67. The summed E-state index contributed by atoms with van der Waals surface area (Å²) in [7, 11) is 3.48. The number of rotatable bonds is 7. The second-order valence-electron chi connectivity index (χ2n) is 6.49. The normalized spacial score (nSPS) is 10.9. The van der Waals surface area contributed by atoms with E-state index in [1.165, 1.54) is 35.4 Å². The monoisotopic (exact) mass is 417 g/mol. The van der Waals surface area contributed by atoms with Crippen LogP contribution in [0.15, 0.2) is 41.8 Å². The van der Waals surface area contributed by atoms with E-state index in [0.29, 0.717) is 17.4 Å². The Balaban J connectivity index is 1.94. The van der Waals surface area contributed by atoms with Gasteiger partial charge in [0.2, 0.25) is 0 Å². The summed E-state index contributed by atoms with van der Waals surface area (Å²) in [6, 6.07) is 5.59. The third kappa shape index (κ3) is 4.65. The number of carboxylic acids is 1. The van der Waals surface area contributed by atoms with Crippen LogP contribution in [0.1, 0.15) is 21.7 Å². The Morgan fingerprint density at radius 1 is 1.28 bits per heavy atom. The molecule has 1 amide bonds. The fraction of sp³-hybridized carbons (Fsp3) is 0.263. The fourth-order valence-electron chi connectivity index (χ4n) is 2.88. The number of aryl methyl sites for hydroxylation is 2. The quantitative estimate of drug-likeness (QED) is 0.594. The second-order valence-corrected chi connectivity index (χ2v) is 7.44. The summed E-state index contributed by atoms with van der Waals surface area (Å²) in [5.41, 5.74) is 2.52. The number of imidazole rings is 1. The molecular formula is C19H20FN5O3S. The van der Waals surface area contributed by atoms with Gasteiger partial charge in [0.1, 0.15) is 11.5 Å². The number of halogens is 1. The zero-order valence-electron chi connectivity index (χ0n) is 16.2. The van der Waals surface area contributed by atoms with Crippen LogP contribution in [0.5, 0.6) is 0 Å². The van der Waals surface area contributed by atoms with Gasteiger partial charge in [-0.15, -0.1) is 0 Å². The third-order valence-corrected chi connectivity index (χ3v) is 5.16. The maximum absolute atomic E-state index is 13.4. The van der Waals surface area contributed by atoms with Crippen molar-refractivity contribution in [2.24, 2.45) is 7.05 Å². The Morgan fingerprint density at radius 2 is 1.97 bits per heavy atom. The first kappa shape index (κ1) is 20.6. The lowest BCUT2D eigenvalue weighted by Gasteiger charge is -2.18. The number of aromatic nitrogens is 4. The van der Waals surface area contributed by atoms with Gasteiger partial charge in [-0.2, -0.15) is 5.10 Å². The number of aliphatic carboxylic acids is 1. The second kappa shape index (κ2) is 8.48. The van der Waals surface area contributed by atoms with Crippen molar-refractivity contribution in [3.63, 3.8) is 0 Å². The topological polar surface area (TPSA) is 93.2 Å².